The van der Waals surface area contributed by atoms with Gasteiger partial charge in [-0.2, -0.15) is 0 Å². The molecule has 3 aromatic heterocycles. The molecule has 1 atom stereocenters. The highest BCUT2D eigenvalue weighted by Gasteiger charge is 2.18. The summed E-state index contributed by atoms with van der Waals surface area (Å²) in [5.41, 5.74) is 2.93. The molecule has 0 unspecified atom stereocenters. The molecular formula is C26H28N6O2S. The van der Waals surface area contributed by atoms with Crippen molar-refractivity contribution in [1.29, 1.82) is 0 Å². The first kappa shape index (κ1) is 23.2. The molecule has 1 aliphatic rings. The van der Waals surface area contributed by atoms with Crippen LogP contribution in [0, 0.1) is 0 Å². The van der Waals surface area contributed by atoms with Gasteiger partial charge in [0, 0.05) is 49.7 Å². The number of nitrogens with zero attached hydrogens (tertiary/aromatic N) is 5. The minimum atomic E-state index is -0.313. The number of piperazine rings is 1. The maximum atomic E-state index is 11.5. The Morgan fingerprint density at radius 3 is 2.60 bits per heavy atom. The lowest BCUT2D eigenvalue weighted by Crippen LogP contribution is -2.44. The Kier molecular flexibility index (Phi) is 6.87. The van der Waals surface area contributed by atoms with E-state index in [4.69, 9.17) is 9.72 Å². The molecule has 0 aliphatic carbocycles. The highest BCUT2D eigenvalue weighted by molar-refractivity contribution is 7.22. The van der Waals surface area contributed by atoms with Gasteiger partial charge in [0.05, 0.1) is 16.3 Å². The van der Waals surface area contributed by atoms with Gasteiger partial charge in [0.25, 0.3) is 0 Å². The first-order chi connectivity index (χ1) is 17.1. The number of ether oxygens (including phenoxy) is 1. The van der Waals surface area contributed by atoms with E-state index in [0.29, 0.717) is 5.82 Å². The molecule has 35 heavy (non-hydrogen) atoms. The van der Waals surface area contributed by atoms with Crippen LogP contribution in [0.5, 0.6) is 0 Å². The number of carbonyl (C=O) groups excluding carboxylic acids is 1. The van der Waals surface area contributed by atoms with Crippen LogP contribution in [-0.4, -0.2) is 65.7 Å². The van der Waals surface area contributed by atoms with Crippen LogP contribution in [0.1, 0.15) is 18.5 Å². The van der Waals surface area contributed by atoms with Crippen LogP contribution in [0.4, 0.5) is 11.6 Å². The van der Waals surface area contributed by atoms with Gasteiger partial charge in [-0.05, 0) is 30.8 Å². The number of anilines is 2. The molecule has 0 radical (unpaired) electrons. The van der Waals surface area contributed by atoms with E-state index in [1.807, 2.05) is 36.5 Å². The van der Waals surface area contributed by atoms with Crippen molar-refractivity contribution >= 4 is 39.2 Å². The van der Waals surface area contributed by atoms with Crippen molar-refractivity contribution in [3.05, 3.63) is 66.6 Å². The van der Waals surface area contributed by atoms with Crippen LogP contribution in [0.15, 0.2) is 61.1 Å². The Balaban J connectivity index is 1.39. The molecule has 0 amide bonds. The maximum absolute atomic E-state index is 11.5. The van der Waals surface area contributed by atoms with Gasteiger partial charge in [-0.15, -0.1) is 11.3 Å². The average molecular weight is 489 g/mol. The van der Waals surface area contributed by atoms with Crippen molar-refractivity contribution in [2.45, 2.75) is 13.0 Å². The Morgan fingerprint density at radius 1 is 1.09 bits per heavy atom. The monoisotopic (exact) mass is 488 g/mol. The zero-order valence-electron chi connectivity index (χ0n) is 19.8. The SMILES string of the molecule is CC(=O)OC[C@@H](Nc1ncnc2cc(-c3ccc(N4CCN(C)CC4)nc3)sc12)c1ccccc1. The number of esters is 1. The fourth-order valence-corrected chi connectivity index (χ4v) is 5.18. The number of fused-ring (bicyclic) bond motifs is 1. The summed E-state index contributed by atoms with van der Waals surface area (Å²) in [6, 6.07) is 16.0. The normalized spacial score (nSPS) is 15.2. The molecule has 1 N–H and O–H groups in total. The third-order valence-corrected chi connectivity index (χ3v) is 7.32. The zero-order chi connectivity index (χ0) is 24.2. The van der Waals surface area contributed by atoms with Crippen molar-refractivity contribution in [2.75, 3.05) is 50.1 Å². The van der Waals surface area contributed by atoms with Crippen molar-refractivity contribution < 1.29 is 9.53 Å². The number of likely N-dealkylation sites (N-methyl/N-ethyl adjacent to an activating group) is 1. The Hall–Kier alpha value is -3.56. The van der Waals surface area contributed by atoms with Crippen molar-refractivity contribution in [1.82, 2.24) is 19.9 Å². The lowest BCUT2D eigenvalue weighted by atomic mass is 10.1. The Bertz CT molecular complexity index is 1290. The molecule has 4 aromatic rings. The van der Waals surface area contributed by atoms with Crippen LogP contribution < -0.4 is 10.2 Å². The number of carbonyl (C=O) groups is 1. The second-order valence-electron chi connectivity index (χ2n) is 8.65. The molecule has 9 heteroatoms. The molecule has 180 valence electrons. The summed E-state index contributed by atoms with van der Waals surface area (Å²) >= 11 is 1.62. The van der Waals surface area contributed by atoms with Gasteiger partial charge >= 0.3 is 5.97 Å². The van der Waals surface area contributed by atoms with Gasteiger partial charge in [-0.1, -0.05) is 30.3 Å². The average Bonchev–Trinajstić information content (AvgIpc) is 3.33. The first-order valence-electron chi connectivity index (χ1n) is 11.7. The highest BCUT2D eigenvalue weighted by Crippen LogP contribution is 2.37. The lowest BCUT2D eigenvalue weighted by Gasteiger charge is -2.33. The summed E-state index contributed by atoms with van der Waals surface area (Å²) in [6.07, 6.45) is 3.50. The summed E-state index contributed by atoms with van der Waals surface area (Å²) < 4.78 is 6.28. The summed E-state index contributed by atoms with van der Waals surface area (Å²) in [5.74, 6) is 1.42. The Labute approximate surface area is 208 Å². The minimum absolute atomic E-state index is 0.209. The predicted octanol–water partition coefficient (Wildman–Crippen LogP) is 4.22. The van der Waals surface area contributed by atoms with Crippen molar-refractivity contribution in [2.24, 2.45) is 0 Å². The largest absolute Gasteiger partial charge is 0.463 e. The van der Waals surface area contributed by atoms with E-state index in [2.05, 4.69) is 50.3 Å². The zero-order valence-corrected chi connectivity index (χ0v) is 20.7. The standard InChI is InChI=1S/C26H28N6O2S/c1-18(33)34-16-22(19-6-4-3-5-7-19)30-26-25-21(28-17-29-26)14-23(35-25)20-8-9-24(27-15-20)32-12-10-31(2)11-13-32/h3-9,14-15,17,22H,10-13,16H2,1-2H3,(H,28,29,30)/t22-/m1/s1. The maximum Gasteiger partial charge on any atom is 0.302 e. The molecule has 4 heterocycles. The number of thiophene rings is 1. The molecule has 1 aromatic carbocycles. The smallest absolute Gasteiger partial charge is 0.302 e. The summed E-state index contributed by atoms with van der Waals surface area (Å²) in [6.45, 7) is 5.71. The summed E-state index contributed by atoms with van der Waals surface area (Å²) in [7, 11) is 2.15. The predicted molar refractivity (Wildman–Crippen MR) is 140 cm³/mol. The topological polar surface area (TPSA) is 83.5 Å². The number of hydrogen-bond donors (Lipinski definition) is 1. The molecule has 0 spiro atoms. The molecule has 0 saturated carbocycles. The van der Waals surface area contributed by atoms with Crippen LogP contribution in [0.3, 0.4) is 0 Å². The number of pyridine rings is 1. The number of nitrogens with one attached hydrogen (secondary N) is 1. The lowest BCUT2D eigenvalue weighted by molar-refractivity contribution is -0.141. The molecule has 1 fully saturated rings. The van der Waals surface area contributed by atoms with Crippen LogP contribution >= 0.6 is 11.3 Å². The third kappa shape index (κ3) is 5.41. The van der Waals surface area contributed by atoms with Crippen molar-refractivity contribution in [3.8, 4) is 10.4 Å². The number of rotatable bonds is 7. The van der Waals surface area contributed by atoms with Gasteiger partial charge in [-0.3, -0.25) is 4.79 Å². The fourth-order valence-electron chi connectivity index (χ4n) is 4.13. The number of hydrogen-bond acceptors (Lipinski definition) is 9. The number of benzene rings is 1. The minimum Gasteiger partial charge on any atom is -0.463 e. The van der Waals surface area contributed by atoms with E-state index in [9.17, 15) is 4.79 Å². The van der Waals surface area contributed by atoms with Crippen LogP contribution in [-0.2, 0) is 9.53 Å². The van der Waals surface area contributed by atoms with Crippen LogP contribution in [0.2, 0.25) is 0 Å². The molecule has 5 rings (SSSR count). The van der Waals surface area contributed by atoms with E-state index < -0.39 is 0 Å². The second-order valence-corrected chi connectivity index (χ2v) is 9.71. The van der Waals surface area contributed by atoms with E-state index in [-0.39, 0.29) is 18.6 Å². The van der Waals surface area contributed by atoms with Gasteiger partial charge in [0.15, 0.2) is 0 Å². The van der Waals surface area contributed by atoms with E-state index in [0.717, 1.165) is 58.2 Å². The van der Waals surface area contributed by atoms with Gasteiger partial charge in [0.1, 0.15) is 24.6 Å². The van der Waals surface area contributed by atoms with E-state index >= 15 is 0 Å². The summed E-state index contributed by atoms with van der Waals surface area (Å²) in [4.78, 5) is 30.9. The third-order valence-electron chi connectivity index (χ3n) is 6.14. The molecular weight excluding hydrogens is 460 g/mol. The van der Waals surface area contributed by atoms with Gasteiger partial charge in [0.2, 0.25) is 0 Å². The van der Waals surface area contributed by atoms with Gasteiger partial charge < -0.3 is 19.9 Å². The van der Waals surface area contributed by atoms with E-state index in [1.54, 1.807) is 17.7 Å². The molecule has 1 saturated heterocycles. The fraction of sp³-hybridized carbons (Fsp3) is 0.308. The Morgan fingerprint density at radius 2 is 1.89 bits per heavy atom. The molecule has 8 nitrogen and oxygen atoms in total. The van der Waals surface area contributed by atoms with Crippen molar-refractivity contribution in [3.63, 3.8) is 0 Å². The van der Waals surface area contributed by atoms with E-state index in [1.165, 1.54) is 6.92 Å². The highest BCUT2D eigenvalue weighted by atomic mass is 32.1. The summed E-state index contributed by atoms with van der Waals surface area (Å²) in [5, 5.41) is 3.47. The molecule has 0 bridgehead atoms. The van der Waals surface area contributed by atoms with Gasteiger partial charge in [-0.25, -0.2) is 15.0 Å². The first-order valence-corrected chi connectivity index (χ1v) is 12.5. The van der Waals surface area contributed by atoms with Crippen LogP contribution in [0.25, 0.3) is 20.7 Å². The molecule has 1 aliphatic heterocycles. The second kappa shape index (κ2) is 10.4. The number of aromatic nitrogens is 3. The quantitative estimate of drug-likeness (QED) is 0.387.